The number of para-hydroxylation sites is 1. The third kappa shape index (κ3) is 3.38. The van der Waals surface area contributed by atoms with Gasteiger partial charge in [0.15, 0.2) is 12.8 Å². The molecule has 0 saturated carbocycles. The summed E-state index contributed by atoms with van der Waals surface area (Å²) in [5.41, 5.74) is 0.129. The number of amides is 1. The van der Waals surface area contributed by atoms with Gasteiger partial charge in [-0.05, 0) is 12.1 Å². The summed E-state index contributed by atoms with van der Waals surface area (Å²) in [5.74, 6) is -1.30. The number of rotatable bonds is 5. The van der Waals surface area contributed by atoms with E-state index in [1.807, 2.05) is 0 Å². The van der Waals surface area contributed by atoms with E-state index in [0.717, 1.165) is 0 Å². The van der Waals surface area contributed by atoms with E-state index in [2.05, 4.69) is 0 Å². The molecule has 0 bridgehead atoms. The highest BCUT2D eigenvalue weighted by atomic mass is 16.6. The van der Waals surface area contributed by atoms with Gasteiger partial charge in [-0.1, -0.05) is 12.1 Å². The first kappa shape index (κ1) is 15.0. The van der Waals surface area contributed by atoms with Gasteiger partial charge < -0.3 is 19.1 Å². The molecule has 1 aromatic rings. The van der Waals surface area contributed by atoms with E-state index in [4.69, 9.17) is 14.2 Å². The molecule has 0 aromatic heterocycles. The minimum absolute atomic E-state index is 0.125. The number of carbonyl (C=O) groups is 3. The highest BCUT2D eigenvalue weighted by molar-refractivity contribution is 5.93. The summed E-state index contributed by atoms with van der Waals surface area (Å²) in [6.45, 7) is 1.46. The average molecular weight is 293 g/mol. The van der Waals surface area contributed by atoms with E-state index in [1.165, 1.54) is 31.1 Å². The summed E-state index contributed by atoms with van der Waals surface area (Å²) in [7, 11) is 1.45. The largest absolute Gasteiger partial charge is 0.440 e. The fourth-order valence-electron chi connectivity index (χ4n) is 1.84. The van der Waals surface area contributed by atoms with Gasteiger partial charge in [-0.2, -0.15) is 0 Å². The van der Waals surface area contributed by atoms with E-state index >= 15 is 0 Å². The molecule has 0 N–H and O–H groups in total. The van der Waals surface area contributed by atoms with E-state index in [-0.39, 0.29) is 24.0 Å². The summed E-state index contributed by atoms with van der Waals surface area (Å²) < 4.78 is 14.9. The molecule has 1 aliphatic heterocycles. The molecular formula is C14H15NO6. The van der Waals surface area contributed by atoms with Crippen LogP contribution in [0.4, 0.5) is 0 Å². The Balaban J connectivity index is 1.95. The molecule has 0 aliphatic carbocycles. The average Bonchev–Trinajstić information content (AvgIpc) is 2.45. The summed E-state index contributed by atoms with van der Waals surface area (Å²) in [5, 5.41) is 0. The van der Waals surface area contributed by atoms with Crippen molar-refractivity contribution in [3.63, 3.8) is 0 Å². The number of benzene rings is 1. The van der Waals surface area contributed by atoms with Crippen LogP contribution in [-0.4, -0.2) is 49.2 Å². The Hall–Kier alpha value is -2.41. The molecule has 1 heterocycles. The summed E-state index contributed by atoms with van der Waals surface area (Å²) >= 11 is 0. The zero-order valence-electron chi connectivity index (χ0n) is 11.7. The molecule has 2 rings (SSSR count). The maximum absolute atomic E-state index is 12.0. The Labute approximate surface area is 121 Å². The first-order valence-electron chi connectivity index (χ1n) is 6.29. The zero-order valence-corrected chi connectivity index (χ0v) is 11.7. The lowest BCUT2D eigenvalue weighted by Crippen LogP contribution is -2.57. The molecule has 7 nitrogen and oxygen atoms in total. The van der Waals surface area contributed by atoms with Crippen LogP contribution in [0.25, 0.3) is 0 Å². The maximum Gasteiger partial charge on any atom is 0.343 e. The van der Waals surface area contributed by atoms with Gasteiger partial charge in [0.2, 0.25) is 0 Å². The highest BCUT2D eigenvalue weighted by Gasteiger charge is 2.37. The minimum Gasteiger partial charge on any atom is -0.440 e. The number of ether oxygens (including phenoxy) is 3. The predicted molar refractivity (Wildman–Crippen MR) is 70.5 cm³/mol. The van der Waals surface area contributed by atoms with Crippen LogP contribution in [0.3, 0.4) is 0 Å². The van der Waals surface area contributed by atoms with Crippen molar-refractivity contribution in [1.82, 2.24) is 4.90 Å². The first-order chi connectivity index (χ1) is 10.0. The maximum atomic E-state index is 12.0. The van der Waals surface area contributed by atoms with Crippen LogP contribution in [0.1, 0.15) is 17.3 Å². The number of esters is 2. The third-order valence-corrected chi connectivity index (χ3v) is 2.97. The number of hydrogen-bond donors (Lipinski definition) is 0. The second kappa shape index (κ2) is 6.36. The van der Waals surface area contributed by atoms with E-state index in [1.54, 1.807) is 12.1 Å². The predicted octanol–water partition coefficient (Wildman–Crippen LogP) is 0.583. The van der Waals surface area contributed by atoms with Gasteiger partial charge in [-0.25, -0.2) is 4.79 Å². The molecule has 1 amide bonds. The molecule has 0 radical (unpaired) electrons. The van der Waals surface area contributed by atoms with Gasteiger partial charge in [0.05, 0.1) is 6.54 Å². The number of carbonyl (C=O) groups excluding carboxylic acids is 3. The summed E-state index contributed by atoms with van der Waals surface area (Å²) in [6.07, 6.45) is -0.461. The Kier molecular flexibility index (Phi) is 4.54. The van der Waals surface area contributed by atoms with E-state index in [9.17, 15) is 14.4 Å². The fourth-order valence-corrected chi connectivity index (χ4v) is 1.84. The lowest BCUT2D eigenvalue weighted by molar-refractivity contribution is -0.164. The normalized spacial score (nSPS) is 17.1. The number of likely N-dealkylation sites (tertiary alicyclic amines) is 1. The Morgan fingerprint density at radius 2 is 2.05 bits per heavy atom. The number of β-lactam (4-membered cyclic amide) rings is 1. The van der Waals surface area contributed by atoms with Crippen LogP contribution in [-0.2, 0) is 19.1 Å². The van der Waals surface area contributed by atoms with Crippen molar-refractivity contribution in [3.05, 3.63) is 29.8 Å². The van der Waals surface area contributed by atoms with Crippen LogP contribution in [0.15, 0.2) is 24.3 Å². The lowest BCUT2D eigenvalue weighted by atomic mass is 10.2. The molecule has 1 saturated heterocycles. The van der Waals surface area contributed by atoms with Crippen molar-refractivity contribution >= 4 is 17.8 Å². The van der Waals surface area contributed by atoms with Crippen molar-refractivity contribution in [2.75, 3.05) is 20.4 Å². The monoisotopic (exact) mass is 293 g/mol. The van der Waals surface area contributed by atoms with Crippen LogP contribution < -0.4 is 4.74 Å². The number of hydrogen-bond acceptors (Lipinski definition) is 6. The molecule has 0 unspecified atom stereocenters. The van der Waals surface area contributed by atoms with Gasteiger partial charge in [-0.3, -0.25) is 9.59 Å². The molecular weight excluding hydrogens is 278 g/mol. The summed E-state index contributed by atoms with van der Waals surface area (Å²) in [4.78, 5) is 35.8. The number of methoxy groups -OCH3 is 1. The Bertz CT molecular complexity index is 570. The SMILES string of the molecule is CO[C@@H]1CN(COC(=O)c2ccccc2OC(C)=O)C1=O. The van der Waals surface area contributed by atoms with Crippen LogP contribution in [0.5, 0.6) is 5.75 Å². The van der Waals surface area contributed by atoms with Crippen LogP contribution in [0.2, 0.25) is 0 Å². The standard InChI is InChI=1S/C14H15NO6/c1-9(16)21-11-6-4-3-5-10(11)14(18)20-8-15-7-12(19-2)13(15)17/h3-6,12H,7-8H2,1-2H3/t12-/m1/s1. The molecule has 1 aliphatic rings. The van der Waals surface area contributed by atoms with Gasteiger partial charge in [0.25, 0.3) is 5.91 Å². The van der Waals surface area contributed by atoms with Crippen molar-refractivity contribution < 1.29 is 28.6 Å². The lowest BCUT2D eigenvalue weighted by Gasteiger charge is -2.36. The summed E-state index contributed by atoms with van der Waals surface area (Å²) in [6, 6.07) is 6.24. The third-order valence-electron chi connectivity index (χ3n) is 2.97. The molecule has 112 valence electrons. The Morgan fingerprint density at radius 1 is 1.33 bits per heavy atom. The topological polar surface area (TPSA) is 82.1 Å². The van der Waals surface area contributed by atoms with Crippen LogP contribution in [0, 0.1) is 0 Å². The van der Waals surface area contributed by atoms with E-state index in [0.29, 0.717) is 6.54 Å². The molecule has 0 spiro atoms. The fraction of sp³-hybridized carbons (Fsp3) is 0.357. The van der Waals surface area contributed by atoms with Gasteiger partial charge in [-0.15, -0.1) is 0 Å². The Morgan fingerprint density at radius 3 is 2.67 bits per heavy atom. The van der Waals surface area contributed by atoms with Crippen molar-refractivity contribution in [3.8, 4) is 5.75 Å². The second-order valence-corrected chi connectivity index (χ2v) is 4.44. The van der Waals surface area contributed by atoms with E-state index < -0.39 is 18.0 Å². The smallest absolute Gasteiger partial charge is 0.343 e. The molecule has 7 heteroatoms. The number of nitrogens with zero attached hydrogens (tertiary/aromatic N) is 1. The van der Waals surface area contributed by atoms with Crippen molar-refractivity contribution in [1.29, 1.82) is 0 Å². The minimum atomic E-state index is -0.666. The van der Waals surface area contributed by atoms with Crippen molar-refractivity contribution in [2.45, 2.75) is 13.0 Å². The van der Waals surface area contributed by atoms with Gasteiger partial charge in [0, 0.05) is 14.0 Å². The first-order valence-corrected chi connectivity index (χ1v) is 6.29. The molecule has 21 heavy (non-hydrogen) atoms. The van der Waals surface area contributed by atoms with Gasteiger partial charge in [0.1, 0.15) is 11.3 Å². The van der Waals surface area contributed by atoms with Crippen molar-refractivity contribution in [2.24, 2.45) is 0 Å². The second-order valence-electron chi connectivity index (χ2n) is 4.44. The quantitative estimate of drug-likeness (QED) is 0.449. The molecule has 1 aromatic carbocycles. The molecule has 1 fully saturated rings. The van der Waals surface area contributed by atoms with Gasteiger partial charge >= 0.3 is 11.9 Å². The molecule has 1 atom stereocenters. The zero-order chi connectivity index (χ0) is 15.4. The highest BCUT2D eigenvalue weighted by Crippen LogP contribution is 2.20. The van der Waals surface area contributed by atoms with Crippen LogP contribution >= 0.6 is 0 Å².